The number of aliphatic hydroxyl groups excluding tert-OH is 1. The molecule has 0 bridgehead atoms. The van der Waals surface area contributed by atoms with E-state index < -0.39 is 59.1 Å². The second kappa shape index (κ2) is 9.07. The molecule has 3 heterocycles. The Balaban J connectivity index is 1.73. The molecule has 3 rings (SSSR count). The lowest BCUT2D eigenvalue weighted by molar-refractivity contribution is -0.383. The minimum Gasteiger partial charge on any atom is -0.390 e. The molecule has 0 aliphatic carbocycles. The maximum absolute atomic E-state index is 11.8. The number of aromatic nitrogens is 3. The number of nitrogens with two attached hydrogens (primary N) is 1. The summed E-state index contributed by atoms with van der Waals surface area (Å²) in [6, 6.07) is 0. The predicted molar refractivity (Wildman–Crippen MR) is 103 cm³/mol. The Morgan fingerprint density at radius 1 is 1.21 bits per heavy atom. The Hall–Kier alpha value is -1.85. The molecule has 0 radical (unpaired) electrons. The van der Waals surface area contributed by atoms with E-state index in [0.29, 0.717) is 0 Å². The molecule has 2 aromatic heterocycles. The van der Waals surface area contributed by atoms with Gasteiger partial charge in [0, 0.05) is 6.42 Å². The molecular weight excluding hydrogens is 519 g/mol. The number of anilines is 1. The molecule has 0 saturated carbocycles. The van der Waals surface area contributed by atoms with Gasteiger partial charge in [-0.1, -0.05) is 0 Å². The van der Waals surface area contributed by atoms with Gasteiger partial charge in [-0.3, -0.25) is 19.2 Å². The minimum atomic E-state index is -5.71. The van der Waals surface area contributed by atoms with Gasteiger partial charge < -0.3 is 35.2 Å². The number of ether oxygens (including phenoxy) is 1. The molecule has 2 unspecified atom stereocenters. The largest absolute Gasteiger partial charge is 0.490 e. The van der Waals surface area contributed by atoms with E-state index in [4.69, 9.17) is 25.2 Å². The van der Waals surface area contributed by atoms with Crippen LogP contribution in [0.25, 0.3) is 11.0 Å². The Kier molecular flexibility index (Phi) is 7.08. The summed E-state index contributed by atoms with van der Waals surface area (Å²) >= 11 is 0. The van der Waals surface area contributed by atoms with Crippen molar-refractivity contribution in [2.24, 2.45) is 0 Å². The van der Waals surface area contributed by atoms with Crippen LogP contribution in [0.3, 0.4) is 0 Å². The SMILES string of the molecule is Nc1ncnc2c1c([N+](=O)[O-])cn2[C@H]1C[C@H](O)[C@@H](COP(=O)(O)OP(=O)(O)OP(=O)(O)O)O1. The number of nitrogen functional groups attached to an aromatic ring is 1. The van der Waals surface area contributed by atoms with Crippen LogP contribution in [0.5, 0.6) is 0 Å². The highest BCUT2D eigenvalue weighted by Gasteiger charge is 2.43. The summed E-state index contributed by atoms with van der Waals surface area (Å²) in [6.45, 7) is -0.903. The molecule has 1 fully saturated rings. The molecule has 184 valence electrons. The second-order valence-electron chi connectivity index (χ2n) is 6.46. The average Bonchev–Trinajstić information content (AvgIpc) is 3.18. The van der Waals surface area contributed by atoms with Gasteiger partial charge in [-0.2, -0.15) is 8.62 Å². The zero-order chi connectivity index (χ0) is 24.8. The first-order valence-electron chi connectivity index (χ1n) is 8.46. The fourth-order valence-electron chi connectivity index (χ4n) is 2.95. The molecule has 0 spiro atoms. The maximum Gasteiger partial charge on any atom is 0.490 e. The molecule has 2 aromatic rings. The molecule has 0 amide bonds. The van der Waals surface area contributed by atoms with E-state index in [1.165, 1.54) is 4.57 Å². The van der Waals surface area contributed by atoms with Crippen LogP contribution in [0.2, 0.25) is 0 Å². The molecule has 7 N–H and O–H groups in total. The van der Waals surface area contributed by atoms with Gasteiger partial charge in [-0.05, 0) is 0 Å². The number of nitrogens with zero attached hydrogens (tertiary/aromatic N) is 4. The Bertz CT molecular complexity index is 1210. The van der Waals surface area contributed by atoms with Crippen LogP contribution in [0.15, 0.2) is 12.5 Å². The van der Waals surface area contributed by atoms with Crippen LogP contribution in [0.4, 0.5) is 11.5 Å². The summed E-state index contributed by atoms with van der Waals surface area (Å²) in [6.07, 6.45) is -1.84. The number of phosphoric acid groups is 3. The Morgan fingerprint density at radius 3 is 2.48 bits per heavy atom. The van der Waals surface area contributed by atoms with E-state index in [1.54, 1.807) is 0 Å². The van der Waals surface area contributed by atoms with Crippen molar-refractivity contribution in [2.75, 3.05) is 12.3 Å². The van der Waals surface area contributed by atoms with Gasteiger partial charge >= 0.3 is 23.5 Å². The smallest absolute Gasteiger partial charge is 0.390 e. The van der Waals surface area contributed by atoms with E-state index >= 15 is 0 Å². The number of hydrogen-bond acceptors (Lipinski definition) is 13. The maximum atomic E-state index is 11.8. The lowest BCUT2D eigenvalue weighted by atomic mass is 10.2. The third-order valence-electron chi connectivity index (χ3n) is 4.15. The molecule has 1 aliphatic heterocycles. The number of aliphatic hydroxyl groups is 1. The average molecular weight is 535 g/mol. The molecule has 1 aliphatic rings. The second-order valence-corrected chi connectivity index (χ2v) is 10.9. The third kappa shape index (κ3) is 6.19. The van der Waals surface area contributed by atoms with Gasteiger partial charge in [0.15, 0.2) is 5.65 Å². The topological polar surface area (TPSA) is 289 Å². The lowest BCUT2D eigenvalue weighted by Crippen LogP contribution is -2.26. The van der Waals surface area contributed by atoms with E-state index in [1.807, 2.05) is 0 Å². The van der Waals surface area contributed by atoms with Crippen LogP contribution in [-0.2, 0) is 31.6 Å². The summed E-state index contributed by atoms with van der Waals surface area (Å²) in [4.78, 5) is 53.9. The normalized spacial score (nSPS) is 25.1. The lowest BCUT2D eigenvalue weighted by Gasteiger charge is -2.19. The quantitative estimate of drug-likeness (QED) is 0.139. The molecule has 22 heteroatoms. The minimum absolute atomic E-state index is 0.0138. The number of hydrogen-bond donors (Lipinski definition) is 6. The van der Waals surface area contributed by atoms with Crippen molar-refractivity contribution < 1.29 is 61.2 Å². The van der Waals surface area contributed by atoms with Crippen LogP contribution in [0, 0.1) is 10.1 Å². The molecule has 0 aromatic carbocycles. The Labute approximate surface area is 182 Å². The molecule has 33 heavy (non-hydrogen) atoms. The van der Waals surface area contributed by atoms with Crippen molar-refractivity contribution >= 4 is 46.0 Å². The fraction of sp³-hybridized carbons (Fsp3) is 0.455. The van der Waals surface area contributed by atoms with E-state index in [2.05, 4.69) is 23.1 Å². The van der Waals surface area contributed by atoms with Gasteiger partial charge in [0.1, 0.15) is 29.9 Å². The summed E-state index contributed by atoms with van der Waals surface area (Å²) < 4.78 is 52.1. The monoisotopic (exact) mass is 535 g/mol. The van der Waals surface area contributed by atoms with Crippen molar-refractivity contribution in [1.29, 1.82) is 0 Å². The zero-order valence-corrected chi connectivity index (χ0v) is 18.6. The van der Waals surface area contributed by atoms with Crippen molar-refractivity contribution in [2.45, 2.75) is 24.9 Å². The summed E-state index contributed by atoms with van der Waals surface area (Å²) in [5.41, 5.74) is 5.27. The van der Waals surface area contributed by atoms with Crippen LogP contribution in [0.1, 0.15) is 12.6 Å². The van der Waals surface area contributed by atoms with Crippen LogP contribution >= 0.6 is 23.5 Å². The van der Waals surface area contributed by atoms with Gasteiger partial charge in [0.2, 0.25) is 0 Å². The van der Waals surface area contributed by atoms with Gasteiger partial charge in [-0.25, -0.2) is 23.7 Å². The van der Waals surface area contributed by atoms with Gasteiger partial charge in [0.05, 0.1) is 23.8 Å². The number of fused-ring (bicyclic) bond motifs is 1. The van der Waals surface area contributed by atoms with Crippen molar-refractivity contribution in [3.05, 3.63) is 22.6 Å². The zero-order valence-electron chi connectivity index (χ0n) is 15.9. The Morgan fingerprint density at radius 2 is 1.88 bits per heavy atom. The van der Waals surface area contributed by atoms with Crippen molar-refractivity contribution in [3.63, 3.8) is 0 Å². The highest BCUT2D eigenvalue weighted by atomic mass is 31.3. The first-order chi connectivity index (χ1) is 15.1. The number of nitro groups is 1. The van der Waals surface area contributed by atoms with Crippen LogP contribution < -0.4 is 5.73 Å². The first kappa shape index (κ1) is 25.8. The van der Waals surface area contributed by atoms with E-state index in [0.717, 1.165) is 12.5 Å². The summed E-state index contributed by atoms with van der Waals surface area (Å²) in [5, 5.41) is 21.5. The first-order valence-corrected chi connectivity index (χ1v) is 13.0. The predicted octanol–water partition coefficient (Wildman–Crippen LogP) is -0.0866. The number of rotatable bonds is 9. The van der Waals surface area contributed by atoms with Crippen molar-refractivity contribution in [3.8, 4) is 0 Å². The molecule has 19 nitrogen and oxygen atoms in total. The third-order valence-corrected chi connectivity index (χ3v) is 7.95. The molecule has 1 saturated heterocycles. The van der Waals surface area contributed by atoms with Crippen molar-refractivity contribution in [1.82, 2.24) is 14.5 Å². The van der Waals surface area contributed by atoms with Gasteiger partial charge in [0.25, 0.3) is 5.69 Å². The highest BCUT2D eigenvalue weighted by molar-refractivity contribution is 7.66. The highest BCUT2D eigenvalue weighted by Crippen LogP contribution is 2.66. The van der Waals surface area contributed by atoms with E-state index in [9.17, 15) is 33.8 Å². The van der Waals surface area contributed by atoms with Crippen LogP contribution in [-0.4, -0.2) is 63.0 Å². The van der Waals surface area contributed by atoms with Gasteiger partial charge in [-0.15, -0.1) is 0 Å². The summed E-state index contributed by atoms with van der Waals surface area (Å²) in [5.74, 6) is -0.173. The number of phosphoric ester groups is 1. The molecular formula is C11H16N5O14P3. The molecule has 5 atom stereocenters. The standard InChI is InChI=1S/C11H16N5O14P3/c12-10-9-5(16(18)19)2-15(11(9)14-4-13-10)8-1-6(17)7(28-8)3-27-32(23,24)30-33(25,26)29-31(20,21)22/h2,4,6-8,17H,1,3H2,(H,23,24)(H,25,26)(H2,12,13,14)(H2,20,21,22)/t6-,7+,8+/m0/s1. The van der Waals surface area contributed by atoms with E-state index in [-0.39, 0.29) is 23.3 Å². The fourth-order valence-corrected chi connectivity index (χ4v) is 5.98. The summed E-state index contributed by atoms with van der Waals surface area (Å²) in [7, 11) is -16.7.